The van der Waals surface area contributed by atoms with Crippen molar-refractivity contribution in [1.29, 1.82) is 0 Å². The molecule has 5 nitrogen and oxygen atoms in total. The molecule has 2 aromatic carbocycles. The Kier molecular flexibility index (Phi) is 5.61. The van der Waals surface area contributed by atoms with Crippen LogP contribution in [0.5, 0.6) is 5.75 Å². The highest BCUT2D eigenvalue weighted by Gasteiger charge is 2.12. The van der Waals surface area contributed by atoms with Crippen LogP contribution < -0.4 is 15.4 Å². The Morgan fingerprint density at radius 3 is 2.62 bits per heavy atom. The van der Waals surface area contributed by atoms with Gasteiger partial charge >= 0.3 is 0 Å². The van der Waals surface area contributed by atoms with Crippen LogP contribution >= 0.6 is 23.2 Å². The number of ether oxygens (including phenoxy) is 1. The van der Waals surface area contributed by atoms with Crippen LogP contribution in [-0.4, -0.2) is 18.0 Å². The van der Waals surface area contributed by atoms with Crippen LogP contribution in [0.4, 0.5) is 17.1 Å². The van der Waals surface area contributed by atoms with Crippen LogP contribution in [0.1, 0.15) is 10.5 Å². The lowest BCUT2D eigenvalue weighted by Gasteiger charge is -2.11. The first kappa shape index (κ1) is 18.0. The molecular formula is C19H15Cl2N3O2. The number of halogens is 2. The number of aromatic nitrogens is 1. The smallest absolute Gasteiger partial charge is 0.274 e. The van der Waals surface area contributed by atoms with Gasteiger partial charge in [-0.1, -0.05) is 35.3 Å². The molecule has 0 aliphatic carbocycles. The summed E-state index contributed by atoms with van der Waals surface area (Å²) in [4.78, 5) is 16.7. The maximum absolute atomic E-state index is 12.5. The second-order valence-electron chi connectivity index (χ2n) is 5.33. The van der Waals surface area contributed by atoms with E-state index in [0.29, 0.717) is 27.2 Å². The Morgan fingerprint density at radius 1 is 1.04 bits per heavy atom. The normalized spacial score (nSPS) is 10.3. The van der Waals surface area contributed by atoms with Gasteiger partial charge in [-0.05, 0) is 42.5 Å². The minimum atomic E-state index is -0.381. The molecule has 0 saturated heterocycles. The fourth-order valence-corrected chi connectivity index (χ4v) is 2.67. The molecule has 132 valence electrons. The molecule has 0 aliphatic heterocycles. The molecule has 0 atom stereocenters. The molecule has 1 aromatic heterocycles. The largest absolute Gasteiger partial charge is 0.495 e. The van der Waals surface area contributed by atoms with Crippen molar-refractivity contribution in [2.45, 2.75) is 0 Å². The number of para-hydroxylation sites is 1. The van der Waals surface area contributed by atoms with Gasteiger partial charge in [-0.15, -0.1) is 0 Å². The molecule has 0 spiro atoms. The average Bonchev–Trinajstić information content (AvgIpc) is 2.64. The molecule has 0 aliphatic rings. The number of rotatable bonds is 5. The third-order valence-electron chi connectivity index (χ3n) is 3.56. The van der Waals surface area contributed by atoms with Gasteiger partial charge in [-0.3, -0.25) is 9.78 Å². The molecule has 3 aromatic rings. The minimum absolute atomic E-state index is 0.240. The number of methoxy groups -OCH3 is 1. The Bertz CT molecular complexity index is 948. The summed E-state index contributed by atoms with van der Waals surface area (Å²) in [6.45, 7) is 0. The van der Waals surface area contributed by atoms with Crippen LogP contribution in [0.3, 0.4) is 0 Å². The summed E-state index contributed by atoms with van der Waals surface area (Å²) in [6, 6.07) is 15.7. The highest BCUT2D eigenvalue weighted by atomic mass is 35.5. The van der Waals surface area contributed by atoms with Crippen LogP contribution in [0.2, 0.25) is 10.0 Å². The minimum Gasteiger partial charge on any atom is -0.495 e. The van der Waals surface area contributed by atoms with Crippen molar-refractivity contribution in [3.63, 3.8) is 0 Å². The standard InChI is InChI=1S/C19H15Cl2N3O2/c1-26-18-7-6-12(20)10-16(18)24-19(25)17-11-13(8-9-22-17)23-15-5-3-2-4-14(15)21/h2-11H,1H3,(H,22,23)(H,24,25). The number of anilines is 3. The monoisotopic (exact) mass is 387 g/mol. The van der Waals surface area contributed by atoms with E-state index in [1.54, 1.807) is 42.6 Å². The van der Waals surface area contributed by atoms with Crippen molar-refractivity contribution < 1.29 is 9.53 Å². The SMILES string of the molecule is COc1ccc(Cl)cc1NC(=O)c1cc(Nc2ccccc2Cl)ccn1. The number of hydrogen-bond acceptors (Lipinski definition) is 4. The zero-order valence-corrected chi connectivity index (χ0v) is 15.3. The summed E-state index contributed by atoms with van der Waals surface area (Å²) >= 11 is 12.1. The predicted octanol–water partition coefficient (Wildman–Crippen LogP) is 5.39. The van der Waals surface area contributed by atoms with E-state index in [2.05, 4.69) is 15.6 Å². The molecule has 3 rings (SSSR count). The van der Waals surface area contributed by atoms with Gasteiger partial charge < -0.3 is 15.4 Å². The molecule has 26 heavy (non-hydrogen) atoms. The highest BCUT2D eigenvalue weighted by Crippen LogP contribution is 2.28. The lowest BCUT2D eigenvalue weighted by molar-refractivity contribution is 0.102. The molecule has 0 radical (unpaired) electrons. The first-order valence-electron chi connectivity index (χ1n) is 7.69. The quantitative estimate of drug-likeness (QED) is 0.615. The average molecular weight is 388 g/mol. The molecule has 0 bridgehead atoms. The number of carbonyl (C=O) groups is 1. The lowest BCUT2D eigenvalue weighted by Crippen LogP contribution is -2.14. The van der Waals surface area contributed by atoms with Crippen molar-refractivity contribution >= 4 is 46.2 Å². The number of hydrogen-bond donors (Lipinski definition) is 2. The van der Waals surface area contributed by atoms with Gasteiger partial charge in [0.05, 0.1) is 23.5 Å². The molecule has 1 heterocycles. The van der Waals surface area contributed by atoms with E-state index >= 15 is 0 Å². The van der Waals surface area contributed by atoms with Crippen molar-refractivity contribution in [3.05, 3.63) is 76.5 Å². The van der Waals surface area contributed by atoms with Gasteiger partial charge in [0.25, 0.3) is 5.91 Å². The first-order chi connectivity index (χ1) is 12.6. The van der Waals surface area contributed by atoms with Gasteiger partial charge in [0, 0.05) is 16.9 Å². The number of nitrogens with one attached hydrogen (secondary N) is 2. The maximum atomic E-state index is 12.5. The van der Waals surface area contributed by atoms with Gasteiger partial charge in [-0.25, -0.2) is 0 Å². The van der Waals surface area contributed by atoms with E-state index in [1.165, 1.54) is 7.11 Å². The van der Waals surface area contributed by atoms with Crippen LogP contribution in [0.15, 0.2) is 60.8 Å². The van der Waals surface area contributed by atoms with Crippen LogP contribution in [0, 0.1) is 0 Å². The molecule has 7 heteroatoms. The van der Waals surface area contributed by atoms with Crippen molar-refractivity contribution in [3.8, 4) is 5.75 Å². The van der Waals surface area contributed by atoms with E-state index in [0.717, 1.165) is 5.69 Å². The van der Waals surface area contributed by atoms with E-state index < -0.39 is 0 Å². The predicted molar refractivity (Wildman–Crippen MR) is 105 cm³/mol. The Balaban J connectivity index is 1.81. The summed E-state index contributed by atoms with van der Waals surface area (Å²) < 4.78 is 5.23. The number of carbonyl (C=O) groups excluding carboxylic acids is 1. The molecular weight excluding hydrogens is 373 g/mol. The topological polar surface area (TPSA) is 63.2 Å². The molecule has 0 unspecified atom stereocenters. The lowest BCUT2D eigenvalue weighted by atomic mass is 10.2. The number of nitrogens with zero attached hydrogens (tertiary/aromatic N) is 1. The van der Waals surface area contributed by atoms with Gasteiger partial charge in [0.1, 0.15) is 11.4 Å². The third kappa shape index (κ3) is 4.25. The zero-order valence-electron chi connectivity index (χ0n) is 13.8. The van der Waals surface area contributed by atoms with Crippen LogP contribution in [-0.2, 0) is 0 Å². The van der Waals surface area contributed by atoms with Gasteiger partial charge in [0.2, 0.25) is 0 Å². The zero-order chi connectivity index (χ0) is 18.5. The second kappa shape index (κ2) is 8.08. The first-order valence-corrected chi connectivity index (χ1v) is 8.45. The van der Waals surface area contributed by atoms with E-state index in [1.807, 2.05) is 18.2 Å². The fourth-order valence-electron chi connectivity index (χ4n) is 2.31. The molecule has 1 amide bonds. The van der Waals surface area contributed by atoms with Crippen LogP contribution in [0.25, 0.3) is 0 Å². The summed E-state index contributed by atoms with van der Waals surface area (Å²) in [5.41, 5.74) is 2.14. The maximum Gasteiger partial charge on any atom is 0.274 e. The number of benzene rings is 2. The summed E-state index contributed by atoms with van der Waals surface area (Å²) in [7, 11) is 1.52. The second-order valence-corrected chi connectivity index (χ2v) is 6.18. The molecule has 2 N–H and O–H groups in total. The third-order valence-corrected chi connectivity index (χ3v) is 4.12. The van der Waals surface area contributed by atoms with Gasteiger partial charge in [0.15, 0.2) is 0 Å². The van der Waals surface area contributed by atoms with Gasteiger partial charge in [-0.2, -0.15) is 0 Å². The molecule has 0 fully saturated rings. The fraction of sp³-hybridized carbons (Fsp3) is 0.0526. The van der Waals surface area contributed by atoms with Crippen molar-refractivity contribution in [2.24, 2.45) is 0 Å². The van der Waals surface area contributed by atoms with Crippen molar-refractivity contribution in [2.75, 3.05) is 17.7 Å². The van der Waals surface area contributed by atoms with Crippen molar-refractivity contribution in [1.82, 2.24) is 4.98 Å². The Hall–Kier alpha value is -2.76. The summed E-state index contributed by atoms with van der Waals surface area (Å²) in [5, 5.41) is 6.99. The number of pyridine rings is 1. The summed E-state index contributed by atoms with van der Waals surface area (Å²) in [6.07, 6.45) is 1.54. The van der Waals surface area contributed by atoms with E-state index in [9.17, 15) is 4.79 Å². The highest BCUT2D eigenvalue weighted by molar-refractivity contribution is 6.33. The number of amides is 1. The van der Waals surface area contributed by atoms with E-state index in [-0.39, 0.29) is 11.6 Å². The molecule has 0 saturated carbocycles. The van der Waals surface area contributed by atoms with E-state index in [4.69, 9.17) is 27.9 Å². The Morgan fingerprint density at radius 2 is 1.85 bits per heavy atom. The summed E-state index contributed by atoms with van der Waals surface area (Å²) in [5.74, 6) is 0.126. The Labute approximate surface area is 160 Å².